The lowest BCUT2D eigenvalue weighted by atomic mass is 10.0. The van der Waals surface area contributed by atoms with Gasteiger partial charge < -0.3 is 20.1 Å². The molecule has 0 aliphatic carbocycles. The molecule has 1 aliphatic rings. The average Bonchev–Trinajstić information content (AvgIpc) is 3.27. The van der Waals surface area contributed by atoms with Gasteiger partial charge in [0.2, 0.25) is 5.91 Å². The molecule has 0 saturated carbocycles. The van der Waals surface area contributed by atoms with E-state index < -0.39 is 17.7 Å². The molecule has 8 heteroatoms. The Kier molecular flexibility index (Phi) is 6.08. The van der Waals surface area contributed by atoms with Crippen LogP contribution in [-0.2, 0) is 9.59 Å². The smallest absolute Gasteiger partial charge is 0.295 e. The van der Waals surface area contributed by atoms with Crippen molar-refractivity contribution >= 4 is 40.1 Å². The van der Waals surface area contributed by atoms with Crippen LogP contribution in [0.15, 0.2) is 67.4 Å². The summed E-state index contributed by atoms with van der Waals surface area (Å²) in [7, 11) is 0. The summed E-state index contributed by atoms with van der Waals surface area (Å²) in [5, 5.41) is 3.26. The second-order valence-electron chi connectivity index (χ2n) is 7.86. The summed E-state index contributed by atoms with van der Waals surface area (Å²) >= 11 is 0. The van der Waals surface area contributed by atoms with E-state index in [2.05, 4.69) is 16.9 Å². The summed E-state index contributed by atoms with van der Waals surface area (Å²) in [6, 6.07) is 13.6. The number of para-hydroxylation sites is 1. The highest BCUT2D eigenvalue weighted by Crippen LogP contribution is 2.27. The third-order valence-corrected chi connectivity index (χ3v) is 5.72. The molecular weight excluding hydrogens is 420 g/mol. The lowest BCUT2D eigenvalue weighted by Crippen LogP contribution is -2.57. The van der Waals surface area contributed by atoms with Crippen LogP contribution in [0.3, 0.4) is 0 Å². The van der Waals surface area contributed by atoms with Gasteiger partial charge in [-0.1, -0.05) is 36.4 Å². The molecule has 1 unspecified atom stereocenters. The minimum atomic E-state index is -0.657. The van der Waals surface area contributed by atoms with Crippen molar-refractivity contribution in [2.24, 2.45) is 0 Å². The topological polar surface area (TPSA) is 103 Å². The number of H-pyrrole nitrogens is 1. The SMILES string of the molecule is C=CC1CN(C(=O)c2ccccc2)CCN1C(=O)C(=O)c1c[nH]c2c(NC(C)=O)cccc12. The van der Waals surface area contributed by atoms with Gasteiger partial charge in [-0.25, -0.2) is 0 Å². The maximum Gasteiger partial charge on any atom is 0.295 e. The number of carbonyl (C=O) groups excluding carboxylic acids is 4. The van der Waals surface area contributed by atoms with Crippen molar-refractivity contribution in [1.82, 2.24) is 14.8 Å². The Morgan fingerprint density at radius 3 is 2.52 bits per heavy atom. The van der Waals surface area contributed by atoms with E-state index in [9.17, 15) is 19.2 Å². The van der Waals surface area contributed by atoms with Crippen molar-refractivity contribution in [1.29, 1.82) is 0 Å². The van der Waals surface area contributed by atoms with E-state index in [1.165, 1.54) is 18.0 Å². The van der Waals surface area contributed by atoms with E-state index in [4.69, 9.17) is 0 Å². The van der Waals surface area contributed by atoms with Gasteiger partial charge in [-0.05, 0) is 18.2 Å². The van der Waals surface area contributed by atoms with E-state index in [1.54, 1.807) is 53.4 Å². The van der Waals surface area contributed by atoms with Crippen molar-refractivity contribution in [3.63, 3.8) is 0 Å². The number of aromatic amines is 1. The summed E-state index contributed by atoms with van der Waals surface area (Å²) in [5.74, 6) is -1.67. The van der Waals surface area contributed by atoms with Crippen LogP contribution >= 0.6 is 0 Å². The van der Waals surface area contributed by atoms with Gasteiger partial charge in [0.25, 0.3) is 17.6 Å². The molecule has 3 amide bonds. The lowest BCUT2D eigenvalue weighted by molar-refractivity contribution is -0.129. The number of nitrogens with zero attached hydrogens (tertiary/aromatic N) is 2. The van der Waals surface area contributed by atoms with Gasteiger partial charge in [-0.15, -0.1) is 6.58 Å². The molecular formula is C25H24N4O4. The number of fused-ring (bicyclic) bond motifs is 1. The number of hydrogen-bond acceptors (Lipinski definition) is 4. The van der Waals surface area contributed by atoms with Crippen LogP contribution in [0.1, 0.15) is 27.6 Å². The molecule has 8 nitrogen and oxygen atoms in total. The Morgan fingerprint density at radius 1 is 1.06 bits per heavy atom. The first-order valence-corrected chi connectivity index (χ1v) is 10.6. The second-order valence-corrected chi connectivity index (χ2v) is 7.86. The Labute approximate surface area is 190 Å². The first kappa shape index (κ1) is 22.0. The van der Waals surface area contributed by atoms with Crippen molar-refractivity contribution in [2.75, 3.05) is 25.0 Å². The number of benzene rings is 2. The van der Waals surface area contributed by atoms with Crippen molar-refractivity contribution in [3.05, 3.63) is 78.5 Å². The average molecular weight is 444 g/mol. The van der Waals surface area contributed by atoms with Crippen LogP contribution in [-0.4, -0.2) is 64.0 Å². The van der Waals surface area contributed by atoms with Crippen molar-refractivity contribution < 1.29 is 19.2 Å². The van der Waals surface area contributed by atoms with Gasteiger partial charge in [0.05, 0.1) is 22.8 Å². The standard InChI is InChI=1S/C25H24N4O4/c1-3-18-15-28(24(32)17-8-5-4-6-9-17)12-13-29(18)25(33)23(31)20-14-26-22-19(20)10-7-11-21(22)27-16(2)30/h3-11,14,18,26H,1,12-13,15H2,2H3,(H,27,30). The molecule has 2 aromatic carbocycles. The maximum absolute atomic E-state index is 13.2. The molecule has 33 heavy (non-hydrogen) atoms. The summed E-state index contributed by atoms with van der Waals surface area (Å²) < 4.78 is 0. The lowest BCUT2D eigenvalue weighted by Gasteiger charge is -2.39. The summed E-state index contributed by atoms with van der Waals surface area (Å²) in [4.78, 5) is 56.7. The molecule has 4 rings (SSSR count). The van der Waals surface area contributed by atoms with E-state index in [0.29, 0.717) is 28.7 Å². The molecule has 3 aromatic rings. The molecule has 168 valence electrons. The fourth-order valence-electron chi connectivity index (χ4n) is 4.09. The summed E-state index contributed by atoms with van der Waals surface area (Å²) in [6.45, 7) is 6.00. The molecule has 1 fully saturated rings. The number of aromatic nitrogens is 1. The largest absolute Gasteiger partial charge is 0.359 e. The number of rotatable bonds is 5. The zero-order valence-corrected chi connectivity index (χ0v) is 18.2. The Morgan fingerprint density at radius 2 is 1.82 bits per heavy atom. The first-order valence-electron chi connectivity index (χ1n) is 10.6. The molecule has 0 radical (unpaired) electrons. The van der Waals surface area contributed by atoms with Crippen LogP contribution in [0.2, 0.25) is 0 Å². The molecule has 2 heterocycles. The van der Waals surface area contributed by atoms with Gasteiger partial charge in [0.15, 0.2) is 0 Å². The minimum Gasteiger partial charge on any atom is -0.359 e. The van der Waals surface area contributed by atoms with Crippen LogP contribution in [0, 0.1) is 0 Å². The van der Waals surface area contributed by atoms with Gasteiger partial charge in [0, 0.05) is 43.7 Å². The Balaban J connectivity index is 1.53. The molecule has 1 saturated heterocycles. The number of nitrogens with one attached hydrogen (secondary N) is 2. The van der Waals surface area contributed by atoms with Gasteiger partial charge in [-0.2, -0.15) is 0 Å². The third-order valence-electron chi connectivity index (χ3n) is 5.72. The number of amides is 3. The van der Waals surface area contributed by atoms with Gasteiger partial charge >= 0.3 is 0 Å². The quantitative estimate of drug-likeness (QED) is 0.359. The third kappa shape index (κ3) is 4.27. The van der Waals surface area contributed by atoms with E-state index >= 15 is 0 Å². The van der Waals surface area contributed by atoms with Crippen molar-refractivity contribution in [2.45, 2.75) is 13.0 Å². The fraction of sp³-hybridized carbons (Fsp3) is 0.200. The normalized spacial score (nSPS) is 15.8. The molecule has 0 bridgehead atoms. The zero-order chi connectivity index (χ0) is 23.5. The predicted octanol–water partition coefficient (Wildman–Crippen LogP) is 2.85. The van der Waals surface area contributed by atoms with Crippen LogP contribution in [0.5, 0.6) is 0 Å². The summed E-state index contributed by atoms with van der Waals surface area (Å²) in [6.07, 6.45) is 3.06. The number of carbonyl (C=O) groups is 4. The number of hydrogen-bond donors (Lipinski definition) is 2. The molecule has 1 atom stereocenters. The summed E-state index contributed by atoms with van der Waals surface area (Å²) in [5.41, 5.74) is 1.91. The molecule has 0 spiro atoms. The molecule has 1 aromatic heterocycles. The van der Waals surface area contributed by atoms with Crippen molar-refractivity contribution in [3.8, 4) is 0 Å². The maximum atomic E-state index is 13.2. The fourth-order valence-corrected chi connectivity index (χ4v) is 4.09. The number of Topliss-reactive ketones (excluding diaryl/α,β-unsaturated/α-hetero) is 1. The highest BCUT2D eigenvalue weighted by molar-refractivity contribution is 6.45. The zero-order valence-electron chi connectivity index (χ0n) is 18.2. The van der Waals surface area contributed by atoms with Gasteiger partial charge in [0.1, 0.15) is 0 Å². The highest BCUT2D eigenvalue weighted by atomic mass is 16.2. The van der Waals surface area contributed by atoms with Crippen LogP contribution in [0.25, 0.3) is 10.9 Å². The minimum absolute atomic E-state index is 0.122. The molecule has 2 N–H and O–H groups in total. The number of piperazine rings is 1. The van der Waals surface area contributed by atoms with Crippen LogP contribution < -0.4 is 5.32 Å². The van der Waals surface area contributed by atoms with Crippen LogP contribution in [0.4, 0.5) is 5.69 Å². The van der Waals surface area contributed by atoms with E-state index in [1.807, 2.05) is 6.07 Å². The Hall–Kier alpha value is -4.20. The number of ketones is 1. The van der Waals surface area contributed by atoms with E-state index in [0.717, 1.165) is 0 Å². The monoisotopic (exact) mass is 444 g/mol. The second kappa shape index (κ2) is 9.12. The van der Waals surface area contributed by atoms with Gasteiger partial charge in [-0.3, -0.25) is 19.2 Å². The number of anilines is 1. The first-order chi connectivity index (χ1) is 15.9. The van der Waals surface area contributed by atoms with E-state index in [-0.39, 0.29) is 30.5 Å². The Bertz CT molecular complexity index is 1250. The highest BCUT2D eigenvalue weighted by Gasteiger charge is 2.35. The predicted molar refractivity (Wildman–Crippen MR) is 125 cm³/mol. The molecule has 1 aliphatic heterocycles.